The van der Waals surface area contributed by atoms with Crippen molar-refractivity contribution in [3.63, 3.8) is 0 Å². The molecule has 0 heterocycles. The molecule has 0 aromatic carbocycles. The second-order valence-corrected chi connectivity index (χ2v) is 14.4. The van der Waals surface area contributed by atoms with E-state index in [0.717, 1.165) is 51.4 Å². The molecule has 4 heteroatoms. The topological polar surface area (TPSA) is 55.8 Å². The van der Waals surface area contributed by atoms with Gasteiger partial charge in [-0.05, 0) is 51.4 Å². The highest BCUT2D eigenvalue weighted by Crippen LogP contribution is 2.15. The Labute approximate surface area is 312 Å². The number of aliphatic hydroxyl groups excluding tert-OH is 1. The molecule has 0 saturated carbocycles. The molecule has 0 aromatic rings. The molecule has 292 valence electrons. The predicted octanol–water partition coefficient (Wildman–Crippen LogP) is 14.3. The van der Waals surface area contributed by atoms with Gasteiger partial charge >= 0.3 is 5.97 Å². The number of carbonyl (C=O) groups excluding carboxylic acids is 1. The van der Waals surface area contributed by atoms with Gasteiger partial charge in [0.15, 0.2) is 0 Å². The van der Waals surface area contributed by atoms with Gasteiger partial charge in [0, 0.05) is 13.0 Å². The molecule has 4 nitrogen and oxygen atoms in total. The molecule has 0 rings (SSSR count). The first-order valence-electron chi connectivity index (χ1n) is 21.7. The minimum absolute atomic E-state index is 0.187. The molecule has 0 aliphatic heterocycles. The largest absolute Gasteiger partial charge is 0.457 e. The lowest BCUT2D eigenvalue weighted by atomic mass is 10.0. The first kappa shape index (κ1) is 48.3. The van der Waals surface area contributed by atoms with Crippen LogP contribution in [0.3, 0.4) is 0 Å². The van der Waals surface area contributed by atoms with Gasteiger partial charge in [0.05, 0.1) is 13.2 Å². The summed E-state index contributed by atoms with van der Waals surface area (Å²) in [6, 6.07) is 0. The van der Waals surface area contributed by atoms with Crippen LogP contribution in [0, 0.1) is 0 Å². The second-order valence-electron chi connectivity index (χ2n) is 14.4. The minimum Gasteiger partial charge on any atom is -0.457 e. The average molecular weight is 701 g/mol. The summed E-state index contributed by atoms with van der Waals surface area (Å²) in [5, 5.41) is 9.59. The quantitative estimate of drug-likeness (QED) is 0.0393. The van der Waals surface area contributed by atoms with E-state index in [0.29, 0.717) is 13.0 Å². The van der Waals surface area contributed by atoms with Crippen LogP contribution in [0.5, 0.6) is 0 Å². The maximum Gasteiger partial charge on any atom is 0.306 e. The van der Waals surface area contributed by atoms with Crippen LogP contribution >= 0.6 is 0 Å². The van der Waals surface area contributed by atoms with Crippen molar-refractivity contribution in [3.8, 4) is 0 Å². The summed E-state index contributed by atoms with van der Waals surface area (Å²) in [6.07, 6.45) is 56.1. The van der Waals surface area contributed by atoms with E-state index in [-0.39, 0.29) is 19.2 Å². The maximum atomic E-state index is 12.2. The van der Waals surface area contributed by atoms with E-state index in [1.54, 1.807) is 0 Å². The van der Waals surface area contributed by atoms with Crippen molar-refractivity contribution in [2.24, 2.45) is 0 Å². The zero-order valence-corrected chi connectivity index (χ0v) is 33.4. The van der Waals surface area contributed by atoms with Crippen molar-refractivity contribution >= 4 is 5.97 Å². The lowest BCUT2D eigenvalue weighted by molar-refractivity contribution is -0.154. The molecule has 1 atom stereocenters. The van der Waals surface area contributed by atoms with Gasteiger partial charge in [0.1, 0.15) is 6.10 Å². The van der Waals surface area contributed by atoms with Crippen LogP contribution in [0.2, 0.25) is 0 Å². The minimum atomic E-state index is -0.554. The van der Waals surface area contributed by atoms with Crippen LogP contribution in [0.15, 0.2) is 48.6 Å². The van der Waals surface area contributed by atoms with E-state index in [1.807, 2.05) is 0 Å². The number of esters is 1. The average Bonchev–Trinajstić information content (AvgIpc) is 3.12. The molecule has 0 fully saturated rings. The monoisotopic (exact) mass is 701 g/mol. The number of allylic oxidation sites excluding steroid dienone is 8. The van der Waals surface area contributed by atoms with Crippen LogP contribution in [0.4, 0.5) is 0 Å². The van der Waals surface area contributed by atoms with Gasteiger partial charge in [-0.1, -0.05) is 204 Å². The maximum absolute atomic E-state index is 12.2. The molecule has 0 saturated heterocycles. The fraction of sp³-hybridized carbons (Fsp3) is 0.804. The molecule has 0 aliphatic carbocycles. The summed E-state index contributed by atoms with van der Waals surface area (Å²) >= 11 is 0. The summed E-state index contributed by atoms with van der Waals surface area (Å²) in [5.41, 5.74) is 0. The highest BCUT2D eigenvalue weighted by atomic mass is 16.6. The van der Waals surface area contributed by atoms with E-state index in [4.69, 9.17) is 9.47 Å². The Balaban J connectivity index is 3.42. The second kappa shape index (κ2) is 43.5. The lowest BCUT2D eigenvalue weighted by Gasteiger charge is -2.15. The fourth-order valence-corrected chi connectivity index (χ4v) is 6.20. The molecular formula is C46H84O4. The molecule has 0 bridgehead atoms. The molecule has 0 aliphatic rings. The molecule has 0 spiro atoms. The molecule has 0 aromatic heterocycles. The Hall–Kier alpha value is -1.65. The van der Waals surface area contributed by atoms with Gasteiger partial charge in [0.25, 0.3) is 0 Å². The Kier molecular flexibility index (Phi) is 42.1. The lowest BCUT2D eigenvalue weighted by Crippen LogP contribution is -2.27. The standard InChI is InChI=1S/C46H84O4/c1-3-5-7-9-11-13-15-17-19-20-21-22-23-24-25-26-28-30-32-34-36-38-40-42-49-44-45(43-47)50-46(48)41-39-37-35-33-31-29-27-18-16-14-12-10-8-6-4-2/h6,8,12,14,18,27,31,33,45,47H,3-5,7,9-11,13,15-17,19-26,28-30,32,34-44H2,1-2H3/b8-6-,14-12-,27-18-,33-31-. The number of ether oxygens (including phenoxy) is 2. The summed E-state index contributed by atoms with van der Waals surface area (Å²) in [6.45, 7) is 5.21. The summed E-state index contributed by atoms with van der Waals surface area (Å²) in [7, 11) is 0. The molecule has 50 heavy (non-hydrogen) atoms. The van der Waals surface area contributed by atoms with Crippen LogP contribution in [0.25, 0.3) is 0 Å². The third kappa shape index (κ3) is 40.8. The Morgan fingerprint density at radius 1 is 0.500 bits per heavy atom. The normalized spacial score (nSPS) is 12.8. The predicted molar refractivity (Wildman–Crippen MR) is 219 cm³/mol. The number of carbonyl (C=O) groups is 1. The van der Waals surface area contributed by atoms with E-state index in [9.17, 15) is 9.90 Å². The van der Waals surface area contributed by atoms with Crippen LogP contribution in [0.1, 0.15) is 213 Å². The van der Waals surface area contributed by atoms with Crippen LogP contribution in [-0.2, 0) is 14.3 Å². The first-order valence-corrected chi connectivity index (χ1v) is 21.7. The Morgan fingerprint density at radius 3 is 1.32 bits per heavy atom. The first-order chi connectivity index (χ1) is 24.7. The molecular weight excluding hydrogens is 617 g/mol. The van der Waals surface area contributed by atoms with Crippen LogP contribution in [-0.4, -0.2) is 37.0 Å². The van der Waals surface area contributed by atoms with E-state index in [1.165, 1.54) is 141 Å². The van der Waals surface area contributed by atoms with Crippen LogP contribution < -0.4 is 0 Å². The van der Waals surface area contributed by atoms with Gasteiger partial charge in [-0.3, -0.25) is 4.79 Å². The van der Waals surface area contributed by atoms with E-state index < -0.39 is 6.10 Å². The van der Waals surface area contributed by atoms with Gasteiger partial charge in [-0.2, -0.15) is 0 Å². The summed E-state index contributed by atoms with van der Waals surface area (Å²) < 4.78 is 11.1. The van der Waals surface area contributed by atoms with Crippen molar-refractivity contribution in [3.05, 3.63) is 48.6 Å². The zero-order chi connectivity index (χ0) is 36.3. The molecule has 0 radical (unpaired) electrons. The number of rotatable bonds is 40. The number of unbranched alkanes of at least 4 members (excludes halogenated alkanes) is 24. The zero-order valence-electron chi connectivity index (χ0n) is 33.4. The third-order valence-electron chi connectivity index (χ3n) is 9.42. The number of hydrogen-bond donors (Lipinski definition) is 1. The van der Waals surface area contributed by atoms with Crippen molar-refractivity contribution in [2.75, 3.05) is 19.8 Å². The SMILES string of the molecule is CC/C=C\C/C=C\C/C=C\C/C=C\CCCCC(=O)OC(CO)COCCCCCCCCCCCCCCCCCCCCCCCCC. The highest BCUT2D eigenvalue weighted by molar-refractivity contribution is 5.69. The number of hydrogen-bond acceptors (Lipinski definition) is 4. The van der Waals surface area contributed by atoms with Crippen molar-refractivity contribution < 1.29 is 19.4 Å². The summed E-state index contributed by atoms with van der Waals surface area (Å²) in [4.78, 5) is 12.2. The molecule has 1 N–H and O–H groups in total. The fourth-order valence-electron chi connectivity index (χ4n) is 6.20. The van der Waals surface area contributed by atoms with Crippen molar-refractivity contribution in [1.29, 1.82) is 0 Å². The summed E-state index contributed by atoms with van der Waals surface area (Å²) in [5.74, 6) is -0.239. The van der Waals surface area contributed by atoms with Crippen molar-refractivity contribution in [1.82, 2.24) is 0 Å². The molecule has 0 amide bonds. The number of aliphatic hydroxyl groups is 1. The van der Waals surface area contributed by atoms with Gasteiger partial charge in [-0.25, -0.2) is 0 Å². The van der Waals surface area contributed by atoms with Crippen molar-refractivity contribution in [2.45, 2.75) is 219 Å². The van der Waals surface area contributed by atoms with E-state index in [2.05, 4.69) is 62.5 Å². The smallest absolute Gasteiger partial charge is 0.306 e. The van der Waals surface area contributed by atoms with Gasteiger partial charge in [-0.15, -0.1) is 0 Å². The molecule has 1 unspecified atom stereocenters. The Morgan fingerprint density at radius 2 is 0.900 bits per heavy atom. The Bertz CT molecular complexity index is 783. The van der Waals surface area contributed by atoms with Gasteiger partial charge in [0.2, 0.25) is 0 Å². The van der Waals surface area contributed by atoms with Gasteiger partial charge < -0.3 is 14.6 Å². The van der Waals surface area contributed by atoms with E-state index >= 15 is 0 Å². The third-order valence-corrected chi connectivity index (χ3v) is 9.42. The highest BCUT2D eigenvalue weighted by Gasteiger charge is 2.13.